The van der Waals surface area contributed by atoms with Gasteiger partial charge >= 0.3 is 0 Å². The van der Waals surface area contributed by atoms with Crippen molar-refractivity contribution in [3.8, 4) is 0 Å². The number of aromatic nitrogens is 4. The van der Waals surface area contributed by atoms with E-state index in [0.717, 1.165) is 37.2 Å². The van der Waals surface area contributed by atoms with Gasteiger partial charge in [-0.15, -0.1) is 0 Å². The van der Waals surface area contributed by atoms with Crippen LogP contribution in [0.15, 0.2) is 35.1 Å². The Hall–Kier alpha value is -2.69. The molecule has 1 N–H and O–H groups in total. The van der Waals surface area contributed by atoms with Gasteiger partial charge in [0.05, 0.1) is 0 Å². The van der Waals surface area contributed by atoms with Crippen LogP contribution in [0, 0.1) is 0 Å². The second-order valence-corrected chi connectivity index (χ2v) is 5.51. The summed E-state index contributed by atoms with van der Waals surface area (Å²) < 4.78 is 1.77. The molecule has 0 amide bonds. The number of imidazole rings is 1. The Balaban J connectivity index is 1.76. The van der Waals surface area contributed by atoms with E-state index in [4.69, 9.17) is 0 Å². The maximum absolute atomic E-state index is 12.5. The van der Waals surface area contributed by atoms with Crippen LogP contribution in [0.4, 0.5) is 0 Å². The van der Waals surface area contributed by atoms with Gasteiger partial charge in [0.15, 0.2) is 11.2 Å². The zero-order chi connectivity index (χ0) is 14.9. The number of aryl methyl sites for hydroxylation is 1. The predicted molar refractivity (Wildman–Crippen MR) is 86.5 cm³/mol. The minimum absolute atomic E-state index is 0.00781. The van der Waals surface area contributed by atoms with Gasteiger partial charge in [0.25, 0.3) is 5.56 Å². The van der Waals surface area contributed by atoms with E-state index >= 15 is 0 Å². The molecule has 2 aromatic heterocycles. The first-order valence-corrected chi connectivity index (χ1v) is 7.54. The number of hydrogen-bond acceptors (Lipinski definition) is 3. The fourth-order valence-corrected chi connectivity index (χ4v) is 2.84. The molecular weight excluding hydrogens is 276 g/mol. The average Bonchev–Trinajstić information content (AvgIpc) is 2.97. The molecule has 0 saturated carbocycles. The summed E-state index contributed by atoms with van der Waals surface area (Å²) in [5.41, 5.74) is 2.10. The number of nitrogens with zero attached hydrogens (tertiary/aromatic N) is 3. The number of aromatic amines is 1. The van der Waals surface area contributed by atoms with E-state index < -0.39 is 0 Å². The first-order chi connectivity index (χ1) is 10.8. The molecular formula is C17H16N4O. The molecule has 22 heavy (non-hydrogen) atoms. The highest BCUT2D eigenvalue weighted by atomic mass is 16.1. The summed E-state index contributed by atoms with van der Waals surface area (Å²) in [7, 11) is 0. The van der Waals surface area contributed by atoms with E-state index in [-0.39, 0.29) is 5.56 Å². The number of rotatable bonds is 2. The molecule has 3 heterocycles. The van der Waals surface area contributed by atoms with Crippen LogP contribution in [0.2, 0.25) is 0 Å². The molecule has 0 bridgehead atoms. The molecule has 1 aliphatic heterocycles. The highest BCUT2D eigenvalue weighted by Crippen LogP contribution is 2.14. The Morgan fingerprint density at radius 2 is 1.95 bits per heavy atom. The summed E-state index contributed by atoms with van der Waals surface area (Å²) in [5.74, 6) is 1.51. The summed E-state index contributed by atoms with van der Waals surface area (Å²) in [4.78, 5) is 24.5. The van der Waals surface area contributed by atoms with Crippen LogP contribution in [-0.2, 0) is 13.0 Å². The summed E-state index contributed by atoms with van der Waals surface area (Å²) in [6, 6.07) is 9.99. The summed E-state index contributed by atoms with van der Waals surface area (Å²) in [6.45, 7) is 0.755. The third kappa shape index (κ3) is 2.24. The molecule has 0 saturated heterocycles. The van der Waals surface area contributed by atoms with E-state index in [1.54, 1.807) is 4.57 Å². The molecule has 0 atom stereocenters. The highest BCUT2D eigenvalue weighted by Gasteiger charge is 2.16. The maximum Gasteiger partial charge on any atom is 0.279 e. The predicted octanol–water partition coefficient (Wildman–Crippen LogP) is 2.63. The highest BCUT2D eigenvalue weighted by molar-refractivity contribution is 5.75. The Morgan fingerprint density at radius 1 is 1.09 bits per heavy atom. The third-order valence-corrected chi connectivity index (χ3v) is 3.97. The molecule has 110 valence electrons. The normalized spacial score (nSPS) is 14.5. The molecule has 4 rings (SSSR count). The van der Waals surface area contributed by atoms with Crippen molar-refractivity contribution < 1.29 is 0 Å². The summed E-state index contributed by atoms with van der Waals surface area (Å²) in [6.07, 6.45) is 6.82. The Bertz CT molecular complexity index is 906. The van der Waals surface area contributed by atoms with Crippen molar-refractivity contribution >= 4 is 23.3 Å². The van der Waals surface area contributed by atoms with Crippen molar-refractivity contribution in [2.45, 2.75) is 25.8 Å². The number of fused-ring (bicyclic) bond motifs is 2. The topological polar surface area (TPSA) is 63.6 Å². The van der Waals surface area contributed by atoms with Gasteiger partial charge in [-0.05, 0) is 24.5 Å². The van der Waals surface area contributed by atoms with Gasteiger partial charge in [-0.3, -0.25) is 9.36 Å². The number of H-pyrrole nitrogens is 1. The van der Waals surface area contributed by atoms with Crippen LogP contribution in [0.3, 0.4) is 0 Å². The van der Waals surface area contributed by atoms with Crippen LogP contribution >= 0.6 is 0 Å². The molecule has 0 unspecified atom stereocenters. The molecule has 0 aliphatic carbocycles. The van der Waals surface area contributed by atoms with Crippen LogP contribution in [0.5, 0.6) is 0 Å². The third-order valence-electron chi connectivity index (χ3n) is 3.97. The smallest absolute Gasteiger partial charge is 0.279 e. The minimum Gasteiger partial charge on any atom is -0.333 e. The molecule has 0 spiro atoms. The average molecular weight is 292 g/mol. The standard InChI is InChI=1S/C17H16N4O/c22-17-15-16(20-14-8-4-5-11-21(14)17)19-13(18-15)10-9-12-6-2-1-3-7-12/h1-3,6-7,9-10H,4-5,8,11H2,(H,18,19)/b10-9+. The Labute approximate surface area is 127 Å². The van der Waals surface area contributed by atoms with Crippen LogP contribution < -0.4 is 5.56 Å². The summed E-state index contributed by atoms with van der Waals surface area (Å²) in [5, 5.41) is 0. The van der Waals surface area contributed by atoms with Crippen molar-refractivity contribution in [3.05, 3.63) is 57.9 Å². The van der Waals surface area contributed by atoms with Crippen LogP contribution in [0.1, 0.15) is 30.1 Å². The lowest BCUT2D eigenvalue weighted by Gasteiger charge is -2.16. The van der Waals surface area contributed by atoms with Gasteiger partial charge in [0.1, 0.15) is 11.6 Å². The zero-order valence-corrected chi connectivity index (χ0v) is 12.1. The second-order valence-electron chi connectivity index (χ2n) is 5.51. The Kier molecular flexibility index (Phi) is 3.11. The molecule has 3 aromatic rings. The first kappa shape index (κ1) is 13.0. The fraction of sp³-hybridized carbons (Fsp3) is 0.235. The van der Waals surface area contributed by atoms with Crippen molar-refractivity contribution in [2.24, 2.45) is 0 Å². The molecule has 5 heteroatoms. The van der Waals surface area contributed by atoms with E-state index in [9.17, 15) is 4.79 Å². The minimum atomic E-state index is -0.00781. The van der Waals surface area contributed by atoms with E-state index in [2.05, 4.69) is 15.0 Å². The summed E-state index contributed by atoms with van der Waals surface area (Å²) >= 11 is 0. The molecule has 0 radical (unpaired) electrons. The van der Waals surface area contributed by atoms with Gasteiger partial charge < -0.3 is 4.98 Å². The fourth-order valence-electron chi connectivity index (χ4n) is 2.84. The number of hydrogen-bond donors (Lipinski definition) is 1. The molecule has 1 aliphatic rings. The monoisotopic (exact) mass is 292 g/mol. The van der Waals surface area contributed by atoms with Crippen molar-refractivity contribution in [1.82, 2.24) is 19.5 Å². The maximum atomic E-state index is 12.5. The van der Waals surface area contributed by atoms with Gasteiger partial charge in [0.2, 0.25) is 0 Å². The molecule has 0 fully saturated rings. The zero-order valence-electron chi connectivity index (χ0n) is 12.1. The quantitative estimate of drug-likeness (QED) is 0.789. The van der Waals surface area contributed by atoms with Crippen molar-refractivity contribution in [3.63, 3.8) is 0 Å². The SMILES string of the molecule is O=c1c2[nH]c(/C=C/c3ccccc3)nc2nc2n1CCCC2. The van der Waals surface area contributed by atoms with Crippen molar-refractivity contribution in [1.29, 1.82) is 0 Å². The second kappa shape index (κ2) is 5.26. The largest absolute Gasteiger partial charge is 0.333 e. The van der Waals surface area contributed by atoms with Crippen LogP contribution in [-0.4, -0.2) is 19.5 Å². The van der Waals surface area contributed by atoms with Gasteiger partial charge in [-0.25, -0.2) is 9.97 Å². The van der Waals surface area contributed by atoms with Gasteiger partial charge in [0, 0.05) is 13.0 Å². The lowest BCUT2D eigenvalue weighted by Crippen LogP contribution is -2.28. The molecule has 5 nitrogen and oxygen atoms in total. The molecule has 1 aromatic carbocycles. The first-order valence-electron chi connectivity index (χ1n) is 7.54. The Morgan fingerprint density at radius 3 is 2.82 bits per heavy atom. The van der Waals surface area contributed by atoms with E-state index in [1.807, 2.05) is 42.5 Å². The van der Waals surface area contributed by atoms with E-state index in [1.165, 1.54) is 0 Å². The van der Waals surface area contributed by atoms with Crippen LogP contribution in [0.25, 0.3) is 23.3 Å². The number of benzene rings is 1. The lowest BCUT2D eigenvalue weighted by molar-refractivity contribution is 0.500. The lowest BCUT2D eigenvalue weighted by atomic mass is 10.1. The van der Waals surface area contributed by atoms with E-state index in [0.29, 0.717) is 17.0 Å². The number of nitrogens with one attached hydrogen (secondary N) is 1. The van der Waals surface area contributed by atoms with Gasteiger partial charge in [-0.2, -0.15) is 0 Å². The van der Waals surface area contributed by atoms with Crippen molar-refractivity contribution in [2.75, 3.05) is 0 Å². The van der Waals surface area contributed by atoms with Gasteiger partial charge in [-0.1, -0.05) is 36.4 Å².